The van der Waals surface area contributed by atoms with Crippen LogP contribution in [-0.2, 0) is 11.0 Å². The van der Waals surface area contributed by atoms with Gasteiger partial charge in [-0.05, 0) is 37.6 Å². The Hall–Kier alpha value is -4.21. The first-order valence-electron chi connectivity index (χ1n) is 12.2. The molecule has 0 aliphatic carbocycles. The Balaban J connectivity index is 2.01. The zero-order valence-electron chi connectivity index (χ0n) is 20.7. The molecular weight excluding hydrogens is 479 g/mol. The molecule has 1 aromatic heterocycles. The fourth-order valence-corrected chi connectivity index (χ4v) is 7.72. The second-order valence-corrected chi connectivity index (χ2v) is 11.6. The quantitative estimate of drug-likeness (QED) is 0.319. The third-order valence-electron chi connectivity index (χ3n) is 6.53. The minimum atomic E-state index is -3.69. The van der Waals surface area contributed by atoms with E-state index in [1.54, 1.807) is 53.1 Å². The van der Waals surface area contributed by atoms with Gasteiger partial charge in [0.2, 0.25) is 0 Å². The average molecular weight is 507 g/mol. The van der Waals surface area contributed by atoms with Crippen molar-refractivity contribution in [1.82, 2.24) is 9.13 Å². The Morgan fingerprint density at radius 3 is 1.57 bits per heavy atom. The number of aryl methyl sites for hydroxylation is 1. The van der Waals surface area contributed by atoms with Crippen molar-refractivity contribution in [3.05, 3.63) is 147 Å². The second kappa shape index (κ2) is 10.0. The van der Waals surface area contributed by atoms with E-state index in [1.165, 1.54) is 0 Å². The van der Waals surface area contributed by atoms with Crippen LogP contribution in [0.5, 0.6) is 0 Å². The molecule has 0 atom stereocenters. The van der Waals surface area contributed by atoms with Gasteiger partial charge in [-0.3, -0.25) is 9.36 Å². The fraction of sp³-hybridized carbons (Fsp3) is 0.0968. The van der Waals surface area contributed by atoms with Gasteiger partial charge in [0.1, 0.15) is 5.30 Å². The molecule has 37 heavy (non-hydrogen) atoms. The van der Waals surface area contributed by atoms with Crippen LogP contribution in [0.15, 0.2) is 125 Å². The molecule has 0 aliphatic rings. The van der Waals surface area contributed by atoms with E-state index in [0.29, 0.717) is 34.1 Å². The van der Waals surface area contributed by atoms with E-state index < -0.39 is 18.4 Å². The molecule has 0 N–H and O–H groups in total. The van der Waals surface area contributed by atoms with Crippen LogP contribution in [0.1, 0.15) is 18.2 Å². The summed E-state index contributed by atoms with van der Waals surface area (Å²) in [7, 11) is -3.69. The molecule has 5 nitrogen and oxygen atoms in total. The molecule has 0 saturated heterocycles. The van der Waals surface area contributed by atoms with Gasteiger partial charge in [-0.1, -0.05) is 103 Å². The largest absolute Gasteiger partial charge is 0.340 e. The van der Waals surface area contributed by atoms with Crippen LogP contribution in [-0.4, -0.2) is 9.13 Å². The van der Waals surface area contributed by atoms with E-state index in [2.05, 4.69) is 0 Å². The maximum atomic E-state index is 15.4. The third kappa shape index (κ3) is 4.22. The smallest absolute Gasteiger partial charge is 0.308 e. The molecule has 0 bridgehead atoms. The summed E-state index contributed by atoms with van der Waals surface area (Å²) in [5.41, 5.74) is 1.48. The summed E-state index contributed by atoms with van der Waals surface area (Å²) in [5, 5.41) is 1.24. The Labute approximate surface area is 215 Å². The molecule has 184 valence electrons. The number of aromatic nitrogens is 2. The maximum Gasteiger partial charge on any atom is 0.340 e. The van der Waals surface area contributed by atoms with Gasteiger partial charge in [0.25, 0.3) is 5.56 Å². The van der Waals surface area contributed by atoms with E-state index in [1.807, 2.05) is 80.6 Å². The predicted molar refractivity (Wildman–Crippen MR) is 151 cm³/mol. The molecule has 0 saturated carbocycles. The zero-order chi connectivity index (χ0) is 26.0. The summed E-state index contributed by atoms with van der Waals surface area (Å²) in [4.78, 5) is 28.4. The van der Waals surface area contributed by atoms with Crippen LogP contribution in [0.3, 0.4) is 0 Å². The first kappa shape index (κ1) is 24.5. The molecule has 0 spiro atoms. The Morgan fingerprint density at radius 2 is 1.08 bits per heavy atom. The van der Waals surface area contributed by atoms with Gasteiger partial charge in [0, 0.05) is 16.3 Å². The SMILES string of the molecule is CCc1c(P(=O)(c2ccccc2)c2ccccc2)c(=O)n(-c2ccccc2)c(=O)n1-c1ccc(C)cc1. The van der Waals surface area contributed by atoms with Crippen molar-refractivity contribution in [2.75, 3.05) is 0 Å². The number of nitrogens with zero attached hydrogens (tertiary/aromatic N) is 2. The van der Waals surface area contributed by atoms with E-state index in [4.69, 9.17) is 0 Å². The van der Waals surface area contributed by atoms with Gasteiger partial charge < -0.3 is 4.57 Å². The van der Waals surface area contributed by atoms with Crippen LogP contribution in [0.4, 0.5) is 0 Å². The highest BCUT2D eigenvalue weighted by atomic mass is 31.2. The highest BCUT2D eigenvalue weighted by Crippen LogP contribution is 2.42. The van der Waals surface area contributed by atoms with Crippen molar-refractivity contribution < 1.29 is 4.57 Å². The van der Waals surface area contributed by atoms with Crippen molar-refractivity contribution in [3.8, 4) is 11.4 Å². The lowest BCUT2D eigenvalue weighted by atomic mass is 10.2. The van der Waals surface area contributed by atoms with Crippen molar-refractivity contribution in [2.45, 2.75) is 20.3 Å². The molecule has 4 aromatic carbocycles. The minimum Gasteiger partial charge on any atom is -0.308 e. The standard InChI is InChI=1S/C31H27N2O3P/c1-3-28-29(37(36,26-15-9-5-10-16-26)27-17-11-6-12-18-27)30(34)33(24-13-7-4-8-14-24)31(35)32(28)25-21-19-23(2)20-22-25/h4-22H,3H2,1-2H3. The monoisotopic (exact) mass is 506 g/mol. The van der Waals surface area contributed by atoms with E-state index in [-0.39, 0.29) is 5.30 Å². The number of hydrogen-bond acceptors (Lipinski definition) is 3. The maximum absolute atomic E-state index is 15.4. The van der Waals surface area contributed by atoms with Crippen LogP contribution >= 0.6 is 7.14 Å². The Bertz CT molecular complexity index is 1660. The molecule has 0 amide bonds. The predicted octanol–water partition coefficient (Wildman–Crippen LogP) is 4.50. The molecular formula is C31H27N2O3P. The lowest BCUT2D eigenvalue weighted by molar-refractivity contribution is 0.591. The molecule has 0 radical (unpaired) electrons. The number of rotatable bonds is 6. The molecule has 0 aliphatic heterocycles. The van der Waals surface area contributed by atoms with Crippen LogP contribution < -0.4 is 27.2 Å². The average Bonchev–Trinajstić information content (AvgIpc) is 2.94. The molecule has 5 rings (SSSR count). The van der Waals surface area contributed by atoms with Crippen molar-refractivity contribution in [3.63, 3.8) is 0 Å². The number of para-hydroxylation sites is 1. The first-order chi connectivity index (χ1) is 18.0. The molecule has 0 fully saturated rings. The van der Waals surface area contributed by atoms with E-state index in [0.717, 1.165) is 10.1 Å². The van der Waals surface area contributed by atoms with Gasteiger partial charge in [-0.25, -0.2) is 9.36 Å². The summed E-state index contributed by atoms with van der Waals surface area (Å²) in [6.45, 7) is 3.86. The van der Waals surface area contributed by atoms with E-state index >= 15 is 4.57 Å². The normalized spacial score (nSPS) is 11.4. The van der Waals surface area contributed by atoms with E-state index in [9.17, 15) is 9.59 Å². The van der Waals surface area contributed by atoms with Gasteiger partial charge in [0.15, 0.2) is 7.14 Å². The third-order valence-corrected chi connectivity index (χ3v) is 9.66. The second-order valence-electron chi connectivity index (χ2n) is 8.86. The summed E-state index contributed by atoms with van der Waals surface area (Å²) < 4.78 is 18.1. The first-order valence-corrected chi connectivity index (χ1v) is 13.9. The number of hydrogen-bond donors (Lipinski definition) is 0. The summed E-state index contributed by atoms with van der Waals surface area (Å²) in [6.07, 6.45) is 0.340. The zero-order valence-corrected chi connectivity index (χ0v) is 21.6. The highest BCUT2D eigenvalue weighted by Gasteiger charge is 2.37. The van der Waals surface area contributed by atoms with Gasteiger partial charge in [-0.15, -0.1) is 0 Å². The summed E-state index contributed by atoms with van der Waals surface area (Å²) in [6, 6.07) is 34.5. The van der Waals surface area contributed by atoms with Crippen LogP contribution in [0.25, 0.3) is 11.4 Å². The van der Waals surface area contributed by atoms with Crippen molar-refractivity contribution >= 4 is 23.1 Å². The minimum absolute atomic E-state index is 0.149. The van der Waals surface area contributed by atoms with Crippen molar-refractivity contribution in [2.24, 2.45) is 0 Å². The lowest BCUT2D eigenvalue weighted by Crippen LogP contribution is -2.50. The van der Waals surface area contributed by atoms with Crippen molar-refractivity contribution in [1.29, 1.82) is 0 Å². The van der Waals surface area contributed by atoms with Gasteiger partial charge in [-0.2, -0.15) is 0 Å². The Kier molecular flexibility index (Phi) is 6.64. The molecule has 0 unspecified atom stereocenters. The molecule has 6 heteroatoms. The molecule has 1 heterocycles. The van der Waals surface area contributed by atoms with Gasteiger partial charge in [0.05, 0.1) is 11.4 Å². The number of benzene rings is 4. The lowest BCUT2D eigenvalue weighted by Gasteiger charge is -2.25. The fourth-order valence-electron chi connectivity index (χ4n) is 4.73. The summed E-state index contributed by atoms with van der Waals surface area (Å²) >= 11 is 0. The molecule has 5 aromatic rings. The highest BCUT2D eigenvalue weighted by molar-refractivity contribution is 7.85. The summed E-state index contributed by atoms with van der Waals surface area (Å²) in [5.74, 6) is 0. The van der Waals surface area contributed by atoms with Gasteiger partial charge >= 0.3 is 5.69 Å². The Morgan fingerprint density at radius 1 is 0.622 bits per heavy atom. The van der Waals surface area contributed by atoms with Crippen LogP contribution in [0.2, 0.25) is 0 Å². The van der Waals surface area contributed by atoms with Crippen LogP contribution in [0, 0.1) is 6.92 Å². The topological polar surface area (TPSA) is 61.1 Å².